The summed E-state index contributed by atoms with van der Waals surface area (Å²) in [6.45, 7) is 4.74. The van der Waals surface area contributed by atoms with Crippen LogP contribution >= 0.6 is 23.2 Å². The molecule has 0 amide bonds. The maximum atomic E-state index is 11.3. The van der Waals surface area contributed by atoms with Gasteiger partial charge in [0.1, 0.15) is 11.6 Å². The van der Waals surface area contributed by atoms with Gasteiger partial charge in [0.05, 0.1) is 24.8 Å². The standard InChI is InChI=1S/C22H28Cl2N2O3/c1-14(22(27)28)10-20-21(24)25-15(2)26(20)12-17-8-9-18(11-19(17)23)29-13-16-6-4-3-5-7-16/h8-9,11,14,16H,3-7,10,12-13H2,1-2H3,(H,27,28). The molecule has 0 bridgehead atoms. The van der Waals surface area contributed by atoms with E-state index in [2.05, 4.69) is 4.98 Å². The van der Waals surface area contributed by atoms with Crippen LogP contribution in [0.1, 0.15) is 56.1 Å². The normalized spacial score (nSPS) is 16.0. The first-order valence-electron chi connectivity index (χ1n) is 10.2. The van der Waals surface area contributed by atoms with Gasteiger partial charge in [-0.25, -0.2) is 4.98 Å². The van der Waals surface area contributed by atoms with E-state index in [1.165, 1.54) is 32.1 Å². The number of hydrogen-bond acceptors (Lipinski definition) is 3. The van der Waals surface area contributed by atoms with E-state index < -0.39 is 11.9 Å². The van der Waals surface area contributed by atoms with Gasteiger partial charge >= 0.3 is 5.97 Å². The third-order valence-electron chi connectivity index (χ3n) is 5.70. The minimum atomic E-state index is -0.857. The molecule has 7 heteroatoms. The van der Waals surface area contributed by atoms with Crippen molar-refractivity contribution in [2.45, 2.75) is 58.9 Å². The Labute approximate surface area is 182 Å². The summed E-state index contributed by atoms with van der Waals surface area (Å²) in [6, 6.07) is 5.75. The van der Waals surface area contributed by atoms with E-state index in [9.17, 15) is 9.90 Å². The predicted molar refractivity (Wildman–Crippen MR) is 115 cm³/mol. The van der Waals surface area contributed by atoms with Crippen LogP contribution in [0.3, 0.4) is 0 Å². The molecule has 1 fully saturated rings. The molecule has 1 heterocycles. The summed E-state index contributed by atoms with van der Waals surface area (Å²) in [5.74, 6) is 0.745. The topological polar surface area (TPSA) is 64.3 Å². The van der Waals surface area contributed by atoms with E-state index in [1.54, 1.807) is 6.92 Å². The molecule has 1 atom stereocenters. The molecule has 0 spiro atoms. The van der Waals surface area contributed by atoms with Crippen LogP contribution < -0.4 is 4.74 Å². The third kappa shape index (κ3) is 5.67. The second kappa shape index (κ2) is 9.86. The molecule has 2 aromatic rings. The quantitative estimate of drug-likeness (QED) is 0.567. The van der Waals surface area contributed by atoms with Crippen molar-refractivity contribution in [2.75, 3.05) is 6.61 Å². The molecule has 0 aliphatic heterocycles. The number of hydrogen-bond donors (Lipinski definition) is 1. The number of aryl methyl sites for hydroxylation is 1. The fraction of sp³-hybridized carbons (Fsp3) is 0.545. The third-order valence-corrected chi connectivity index (χ3v) is 6.35. The van der Waals surface area contributed by atoms with Gasteiger partial charge in [-0.3, -0.25) is 4.79 Å². The summed E-state index contributed by atoms with van der Waals surface area (Å²) < 4.78 is 7.91. The lowest BCUT2D eigenvalue weighted by molar-refractivity contribution is -0.141. The van der Waals surface area contributed by atoms with Gasteiger partial charge in [0, 0.05) is 11.4 Å². The fourth-order valence-corrected chi connectivity index (χ4v) is 4.37. The molecule has 5 nitrogen and oxygen atoms in total. The minimum absolute atomic E-state index is 0.315. The van der Waals surface area contributed by atoms with Gasteiger partial charge < -0.3 is 14.4 Å². The molecular weight excluding hydrogens is 411 g/mol. The van der Waals surface area contributed by atoms with Crippen LogP contribution in [0.15, 0.2) is 18.2 Å². The first-order chi connectivity index (χ1) is 13.8. The van der Waals surface area contributed by atoms with Crippen LogP contribution in [0.25, 0.3) is 0 Å². The largest absolute Gasteiger partial charge is 0.493 e. The van der Waals surface area contributed by atoms with Crippen LogP contribution in [-0.4, -0.2) is 27.2 Å². The van der Waals surface area contributed by atoms with Gasteiger partial charge in [-0.05, 0) is 43.4 Å². The Kier molecular flexibility index (Phi) is 7.47. The van der Waals surface area contributed by atoms with Gasteiger partial charge in [-0.2, -0.15) is 0 Å². The highest BCUT2D eigenvalue weighted by Crippen LogP contribution is 2.29. The molecule has 1 saturated carbocycles. The van der Waals surface area contributed by atoms with Crippen molar-refractivity contribution >= 4 is 29.2 Å². The number of benzene rings is 1. The molecule has 1 N–H and O–H groups in total. The van der Waals surface area contributed by atoms with Crippen LogP contribution in [0.4, 0.5) is 0 Å². The van der Waals surface area contributed by atoms with Crippen molar-refractivity contribution in [3.63, 3.8) is 0 Å². The molecule has 0 saturated heterocycles. The number of nitrogens with zero attached hydrogens (tertiary/aromatic N) is 2. The van der Waals surface area contributed by atoms with E-state index in [4.69, 9.17) is 27.9 Å². The molecule has 1 aromatic heterocycles. The number of carboxylic acids is 1. The van der Waals surface area contributed by atoms with E-state index in [0.29, 0.717) is 34.8 Å². The summed E-state index contributed by atoms with van der Waals surface area (Å²) in [7, 11) is 0. The maximum Gasteiger partial charge on any atom is 0.306 e. The number of aliphatic carboxylic acids is 1. The molecular formula is C22H28Cl2N2O3. The fourth-order valence-electron chi connectivity index (χ4n) is 3.84. The summed E-state index contributed by atoms with van der Waals surface area (Å²) in [5.41, 5.74) is 1.63. The first-order valence-corrected chi connectivity index (χ1v) is 11.0. The average Bonchev–Trinajstić information content (AvgIpc) is 2.95. The zero-order chi connectivity index (χ0) is 21.0. The van der Waals surface area contributed by atoms with Gasteiger partial charge in [-0.1, -0.05) is 55.5 Å². The number of aromatic nitrogens is 2. The lowest BCUT2D eigenvalue weighted by Gasteiger charge is -2.22. The highest BCUT2D eigenvalue weighted by molar-refractivity contribution is 6.31. The Balaban J connectivity index is 1.71. The minimum Gasteiger partial charge on any atom is -0.493 e. The Bertz CT molecular complexity index is 860. The van der Waals surface area contributed by atoms with E-state index in [0.717, 1.165) is 23.7 Å². The molecule has 1 aromatic carbocycles. The van der Waals surface area contributed by atoms with Gasteiger partial charge in [0.2, 0.25) is 0 Å². The lowest BCUT2D eigenvalue weighted by Crippen LogP contribution is -2.16. The van der Waals surface area contributed by atoms with Crippen LogP contribution in [0.2, 0.25) is 10.2 Å². The summed E-state index contributed by atoms with van der Waals surface area (Å²) in [5, 5.41) is 10.2. The van der Waals surface area contributed by atoms with Crippen molar-refractivity contribution in [2.24, 2.45) is 11.8 Å². The van der Waals surface area contributed by atoms with E-state index >= 15 is 0 Å². The molecule has 3 rings (SSSR count). The highest BCUT2D eigenvalue weighted by Gasteiger charge is 2.20. The van der Waals surface area contributed by atoms with Crippen molar-refractivity contribution in [1.29, 1.82) is 0 Å². The SMILES string of the molecule is Cc1nc(Cl)c(CC(C)C(=O)O)n1Cc1ccc(OCC2CCCCC2)cc1Cl. The number of rotatable bonds is 8. The molecule has 158 valence electrons. The Morgan fingerprint density at radius 2 is 2.03 bits per heavy atom. The van der Waals surface area contributed by atoms with Crippen LogP contribution in [0, 0.1) is 18.8 Å². The number of ether oxygens (including phenoxy) is 1. The second-order valence-corrected chi connectivity index (χ2v) is 8.76. The molecule has 1 unspecified atom stereocenters. The first kappa shape index (κ1) is 22.0. The van der Waals surface area contributed by atoms with E-state index in [1.807, 2.05) is 29.7 Å². The summed E-state index contributed by atoms with van der Waals surface area (Å²) >= 11 is 12.8. The van der Waals surface area contributed by atoms with Crippen molar-refractivity contribution in [3.8, 4) is 5.75 Å². The second-order valence-electron chi connectivity index (χ2n) is 7.99. The average molecular weight is 439 g/mol. The van der Waals surface area contributed by atoms with Crippen molar-refractivity contribution in [3.05, 3.63) is 45.5 Å². The predicted octanol–water partition coefficient (Wildman–Crippen LogP) is 5.77. The monoisotopic (exact) mass is 438 g/mol. The molecule has 1 aliphatic rings. The Hall–Kier alpha value is -1.72. The Morgan fingerprint density at radius 1 is 1.31 bits per heavy atom. The maximum absolute atomic E-state index is 11.3. The highest BCUT2D eigenvalue weighted by atomic mass is 35.5. The summed E-state index contributed by atoms with van der Waals surface area (Å²) in [6.07, 6.45) is 6.72. The van der Waals surface area contributed by atoms with Crippen LogP contribution in [0.5, 0.6) is 5.75 Å². The summed E-state index contributed by atoms with van der Waals surface area (Å²) in [4.78, 5) is 15.6. The van der Waals surface area contributed by atoms with Gasteiger partial charge in [0.15, 0.2) is 5.15 Å². The number of carboxylic acid groups (broad SMARTS) is 1. The van der Waals surface area contributed by atoms with Gasteiger partial charge in [-0.15, -0.1) is 0 Å². The zero-order valence-electron chi connectivity index (χ0n) is 17.0. The number of carbonyl (C=O) groups is 1. The number of imidazole rings is 1. The smallest absolute Gasteiger partial charge is 0.306 e. The lowest BCUT2D eigenvalue weighted by atomic mass is 9.90. The Morgan fingerprint density at radius 3 is 2.69 bits per heavy atom. The van der Waals surface area contributed by atoms with Crippen molar-refractivity contribution in [1.82, 2.24) is 9.55 Å². The molecule has 29 heavy (non-hydrogen) atoms. The molecule has 1 aliphatic carbocycles. The zero-order valence-corrected chi connectivity index (χ0v) is 18.5. The van der Waals surface area contributed by atoms with Crippen LogP contribution in [-0.2, 0) is 17.8 Å². The van der Waals surface area contributed by atoms with E-state index in [-0.39, 0.29) is 0 Å². The van der Waals surface area contributed by atoms with Crippen molar-refractivity contribution < 1.29 is 14.6 Å². The number of halogens is 2. The van der Waals surface area contributed by atoms with Gasteiger partial charge in [0.25, 0.3) is 0 Å². The molecule has 0 radical (unpaired) electrons.